The van der Waals surface area contributed by atoms with Crippen molar-refractivity contribution in [2.24, 2.45) is 28.6 Å². The Kier molecular flexibility index (Phi) is 1.16. The van der Waals surface area contributed by atoms with E-state index in [1.54, 1.807) is 0 Å². The van der Waals surface area contributed by atoms with Gasteiger partial charge in [-0.05, 0) is 30.1 Å². The van der Waals surface area contributed by atoms with E-state index in [1.165, 1.54) is 6.92 Å². The predicted octanol–water partition coefficient (Wildman–Crippen LogP) is 1.41. The van der Waals surface area contributed by atoms with Gasteiger partial charge in [0.05, 0.1) is 0 Å². The van der Waals surface area contributed by atoms with Crippen LogP contribution in [0, 0.1) is 28.6 Å². The molecular weight excluding hydrogens is 236 g/mol. The third kappa shape index (κ3) is 0.589. The van der Waals surface area contributed by atoms with Crippen LogP contribution in [0.4, 0.5) is 4.79 Å². The number of carbonyl (C=O) groups excluding carboxylic acids is 1. The Bertz CT molecular complexity index is 529. The summed E-state index contributed by atoms with van der Waals surface area (Å²) in [4.78, 5) is 22.0. The monoisotopic (exact) mass is 250 g/mol. The van der Waals surface area contributed by atoms with E-state index in [0.29, 0.717) is 28.6 Å². The highest BCUT2D eigenvalue weighted by molar-refractivity contribution is 5.68. The van der Waals surface area contributed by atoms with Crippen LogP contribution in [0.5, 0.6) is 0 Å². The minimum absolute atomic E-state index is 0.0280. The molecule has 0 amide bonds. The first-order valence-electron chi connectivity index (χ1n) is 6.57. The maximum atomic E-state index is 11.1. The minimum Gasteiger partial charge on any atom is -0.462 e. The lowest BCUT2D eigenvalue weighted by Crippen LogP contribution is -2.67. The van der Waals surface area contributed by atoms with Gasteiger partial charge in [-0.15, -0.1) is 0 Å². The second-order valence-electron chi connectivity index (χ2n) is 6.83. The van der Waals surface area contributed by atoms with Crippen LogP contribution in [0.25, 0.3) is 0 Å². The lowest BCUT2D eigenvalue weighted by Gasteiger charge is -2.66. The highest BCUT2D eigenvalue weighted by Gasteiger charge is 3.08. The number of esters is 1. The quantitative estimate of drug-likeness (QED) is 0.750. The second kappa shape index (κ2) is 2.17. The molecule has 0 aliphatic heterocycles. The van der Waals surface area contributed by atoms with Crippen molar-refractivity contribution in [2.75, 3.05) is 0 Å². The van der Waals surface area contributed by atoms with E-state index in [0.717, 1.165) is 19.3 Å². The maximum absolute atomic E-state index is 11.1. The van der Waals surface area contributed by atoms with Crippen LogP contribution in [0.2, 0.25) is 0 Å². The van der Waals surface area contributed by atoms with E-state index in [1.807, 2.05) is 0 Å². The zero-order chi connectivity index (χ0) is 12.5. The molecular formula is C13H14O5. The summed E-state index contributed by atoms with van der Waals surface area (Å²) < 4.78 is 10.6. The van der Waals surface area contributed by atoms with Crippen molar-refractivity contribution in [3.63, 3.8) is 0 Å². The van der Waals surface area contributed by atoms with Crippen molar-refractivity contribution in [1.29, 1.82) is 0 Å². The molecule has 0 bridgehead atoms. The molecule has 96 valence electrons. The van der Waals surface area contributed by atoms with Gasteiger partial charge in [0, 0.05) is 24.7 Å². The van der Waals surface area contributed by atoms with Gasteiger partial charge in [0.25, 0.3) is 0 Å². The van der Waals surface area contributed by atoms with Gasteiger partial charge in [0.1, 0.15) is 11.7 Å². The Morgan fingerprint density at radius 1 is 1.28 bits per heavy atom. The zero-order valence-electron chi connectivity index (χ0n) is 10.0. The summed E-state index contributed by atoms with van der Waals surface area (Å²) in [7, 11) is 0. The van der Waals surface area contributed by atoms with Gasteiger partial charge in [-0.3, -0.25) is 4.79 Å². The van der Waals surface area contributed by atoms with Crippen LogP contribution in [0.3, 0.4) is 0 Å². The molecule has 2 spiro atoms. The van der Waals surface area contributed by atoms with E-state index < -0.39 is 11.8 Å². The van der Waals surface area contributed by atoms with E-state index in [-0.39, 0.29) is 12.1 Å². The summed E-state index contributed by atoms with van der Waals surface area (Å²) in [5, 5.41) is 8.89. The van der Waals surface area contributed by atoms with E-state index in [9.17, 15) is 9.59 Å². The van der Waals surface area contributed by atoms with Crippen LogP contribution >= 0.6 is 0 Å². The Labute approximate surface area is 103 Å². The van der Waals surface area contributed by atoms with Gasteiger partial charge < -0.3 is 14.6 Å². The Morgan fingerprint density at radius 2 is 2.00 bits per heavy atom. The van der Waals surface area contributed by atoms with Gasteiger partial charge in [-0.25, -0.2) is 4.79 Å². The standard InChI is InChI=1S/C13H14O5/c1-5(14)17-8-6-2-11-4-12(18-10(15)16)3-7(8)13(6,11)9(11)12/h6-9H,2-4H2,1H3,(H,15,16)/t6?,7?,8?,9?,11?,12?,13-/m1/s1. The molecule has 5 nitrogen and oxygen atoms in total. The van der Waals surface area contributed by atoms with Crippen molar-refractivity contribution in [3.05, 3.63) is 0 Å². The molecule has 5 aliphatic rings. The largest absolute Gasteiger partial charge is 0.506 e. The topological polar surface area (TPSA) is 72.8 Å². The van der Waals surface area contributed by atoms with Gasteiger partial charge in [0.2, 0.25) is 0 Å². The SMILES string of the molecule is CC(=O)OC1C2CC3(OC(=O)O)CC45CC1[C@]24C35. The molecule has 0 radical (unpaired) electrons. The van der Waals surface area contributed by atoms with Crippen LogP contribution in [0.15, 0.2) is 0 Å². The fraction of sp³-hybridized carbons (Fsp3) is 0.846. The first kappa shape index (κ1) is 9.64. The van der Waals surface area contributed by atoms with E-state index >= 15 is 0 Å². The summed E-state index contributed by atoms with van der Waals surface area (Å²) >= 11 is 0. The molecule has 0 saturated heterocycles. The number of carbonyl (C=O) groups is 2. The lowest BCUT2D eigenvalue weighted by atomic mass is 9.41. The summed E-state index contributed by atoms with van der Waals surface area (Å²) in [6.07, 6.45) is 1.66. The molecule has 0 aromatic heterocycles. The number of hydrogen-bond donors (Lipinski definition) is 1. The third-order valence-electron chi connectivity index (χ3n) is 6.71. The van der Waals surface area contributed by atoms with Crippen molar-refractivity contribution < 1.29 is 24.2 Å². The highest BCUT2D eigenvalue weighted by Crippen LogP contribution is 3.07. The van der Waals surface area contributed by atoms with Crippen LogP contribution in [0.1, 0.15) is 26.2 Å². The van der Waals surface area contributed by atoms with Crippen molar-refractivity contribution >= 4 is 12.1 Å². The molecule has 7 atom stereocenters. The Morgan fingerprint density at radius 3 is 2.67 bits per heavy atom. The normalized spacial score (nSPS) is 63.4. The van der Waals surface area contributed by atoms with Crippen LogP contribution in [-0.4, -0.2) is 28.9 Å². The van der Waals surface area contributed by atoms with Gasteiger partial charge in [-0.2, -0.15) is 0 Å². The minimum atomic E-state index is -1.16. The van der Waals surface area contributed by atoms with E-state index in [2.05, 4.69) is 0 Å². The molecule has 5 saturated carbocycles. The molecule has 0 aromatic rings. The first-order valence-corrected chi connectivity index (χ1v) is 6.57. The first-order chi connectivity index (χ1) is 8.48. The summed E-state index contributed by atoms with van der Waals surface area (Å²) in [6.45, 7) is 1.45. The van der Waals surface area contributed by atoms with Crippen LogP contribution < -0.4 is 0 Å². The molecule has 5 heteroatoms. The fourth-order valence-corrected chi connectivity index (χ4v) is 6.92. The maximum Gasteiger partial charge on any atom is 0.506 e. The fourth-order valence-electron chi connectivity index (χ4n) is 6.92. The average molecular weight is 250 g/mol. The van der Waals surface area contributed by atoms with Crippen molar-refractivity contribution in [2.45, 2.75) is 37.9 Å². The van der Waals surface area contributed by atoms with Crippen molar-refractivity contribution in [3.8, 4) is 0 Å². The molecule has 1 N–H and O–H groups in total. The molecule has 5 aliphatic carbocycles. The Hall–Kier alpha value is -1.26. The lowest BCUT2D eigenvalue weighted by molar-refractivity contribution is -0.253. The van der Waals surface area contributed by atoms with Crippen molar-refractivity contribution in [1.82, 2.24) is 0 Å². The number of carboxylic acid groups (broad SMARTS) is 1. The van der Waals surface area contributed by atoms with Gasteiger partial charge in [-0.1, -0.05) is 0 Å². The van der Waals surface area contributed by atoms with Gasteiger partial charge in [0.15, 0.2) is 0 Å². The van der Waals surface area contributed by atoms with Crippen LogP contribution in [-0.2, 0) is 14.3 Å². The second-order valence-corrected chi connectivity index (χ2v) is 6.83. The molecule has 5 rings (SSSR count). The Balaban J connectivity index is 1.47. The molecule has 5 fully saturated rings. The average Bonchev–Trinajstić information content (AvgIpc) is 2.54. The highest BCUT2D eigenvalue weighted by atomic mass is 16.7. The predicted molar refractivity (Wildman–Crippen MR) is 56.6 cm³/mol. The number of hydrogen-bond acceptors (Lipinski definition) is 4. The molecule has 6 unspecified atom stereocenters. The van der Waals surface area contributed by atoms with E-state index in [4.69, 9.17) is 14.6 Å². The summed E-state index contributed by atoms with van der Waals surface area (Å²) in [5.41, 5.74) is 0.259. The summed E-state index contributed by atoms with van der Waals surface area (Å²) in [5.74, 6) is 1.06. The summed E-state index contributed by atoms with van der Waals surface area (Å²) in [6, 6.07) is 0. The number of rotatable bonds is 2. The molecule has 0 aromatic carbocycles. The molecule has 18 heavy (non-hydrogen) atoms. The van der Waals surface area contributed by atoms with Gasteiger partial charge >= 0.3 is 12.1 Å². The zero-order valence-corrected chi connectivity index (χ0v) is 10.0. The number of ether oxygens (including phenoxy) is 2. The molecule has 0 heterocycles. The smallest absolute Gasteiger partial charge is 0.462 e. The third-order valence-corrected chi connectivity index (χ3v) is 6.71.